The van der Waals surface area contributed by atoms with Crippen molar-refractivity contribution in [3.8, 4) is 11.1 Å². The second-order valence-electron chi connectivity index (χ2n) is 7.98. The predicted molar refractivity (Wildman–Crippen MR) is 125 cm³/mol. The maximum Gasteiger partial charge on any atom is 0.407 e. The first-order valence-electron chi connectivity index (χ1n) is 11.0. The van der Waals surface area contributed by atoms with Gasteiger partial charge in [-0.2, -0.15) is 0 Å². The Morgan fingerprint density at radius 2 is 1.59 bits per heavy atom. The molecule has 0 radical (unpaired) electrons. The van der Waals surface area contributed by atoms with Crippen LogP contribution in [0.3, 0.4) is 0 Å². The number of amides is 2. The molecule has 0 bridgehead atoms. The first-order valence-corrected chi connectivity index (χ1v) is 11.0. The highest BCUT2D eigenvalue weighted by molar-refractivity contribution is 5.89. The van der Waals surface area contributed by atoms with Gasteiger partial charge < -0.3 is 20.5 Å². The normalized spacial score (nSPS) is 12.8. The van der Waals surface area contributed by atoms with E-state index in [1.165, 1.54) is 0 Å². The van der Waals surface area contributed by atoms with Crippen molar-refractivity contribution in [3.63, 3.8) is 0 Å². The lowest BCUT2D eigenvalue weighted by Gasteiger charge is -2.18. The molecule has 1 aliphatic rings. The Morgan fingerprint density at radius 3 is 2.21 bits per heavy atom. The Morgan fingerprint density at radius 1 is 0.941 bits per heavy atom. The molecule has 1 unspecified atom stereocenters. The largest absolute Gasteiger partial charge is 0.481 e. The number of nitrogens with one attached hydrogen (secondary N) is 2. The maximum atomic E-state index is 12.5. The SMILES string of the molecule is O=C(O)CC(NC(=O)OCC1c2ccccc2-c2ccccc21)C(=O)NCCc1ccccn1. The van der Waals surface area contributed by atoms with Crippen LogP contribution in [-0.2, 0) is 20.7 Å². The number of carboxylic acid groups (broad SMARTS) is 1. The number of benzene rings is 2. The fourth-order valence-corrected chi connectivity index (χ4v) is 4.15. The van der Waals surface area contributed by atoms with E-state index < -0.39 is 30.4 Å². The third kappa shape index (κ3) is 5.40. The van der Waals surface area contributed by atoms with Crippen LogP contribution >= 0.6 is 0 Å². The summed E-state index contributed by atoms with van der Waals surface area (Å²) in [7, 11) is 0. The zero-order valence-electron chi connectivity index (χ0n) is 18.4. The average molecular weight is 460 g/mol. The Hall–Kier alpha value is -4.20. The molecule has 0 spiro atoms. The summed E-state index contributed by atoms with van der Waals surface area (Å²) in [4.78, 5) is 40.5. The minimum absolute atomic E-state index is 0.0704. The van der Waals surface area contributed by atoms with Gasteiger partial charge in [0.1, 0.15) is 12.6 Å². The van der Waals surface area contributed by atoms with E-state index in [-0.39, 0.29) is 19.1 Å². The quantitative estimate of drug-likeness (QED) is 0.453. The zero-order chi connectivity index (χ0) is 23.9. The summed E-state index contributed by atoms with van der Waals surface area (Å²) in [6.07, 6.45) is 0.744. The number of carbonyl (C=O) groups excluding carboxylic acids is 2. The van der Waals surface area contributed by atoms with Crippen LogP contribution in [-0.4, -0.2) is 47.3 Å². The van der Waals surface area contributed by atoms with E-state index in [9.17, 15) is 19.5 Å². The van der Waals surface area contributed by atoms with Crippen molar-refractivity contribution in [2.24, 2.45) is 0 Å². The van der Waals surface area contributed by atoms with Crippen LogP contribution in [0.2, 0.25) is 0 Å². The molecule has 1 atom stereocenters. The maximum absolute atomic E-state index is 12.5. The Bertz CT molecular complexity index is 1140. The van der Waals surface area contributed by atoms with E-state index in [1.54, 1.807) is 12.3 Å². The van der Waals surface area contributed by atoms with Crippen LogP contribution in [0, 0.1) is 0 Å². The number of aromatic nitrogens is 1. The van der Waals surface area contributed by atoms with Gasteiger partial charge in [-0.1, -0.05) is 54.6 Å². The van der Waals surface area contributed by atoms with Crippen molar-refractivity contribution >= 4 is 18.0 Å². The molecule has 2 amide bonds. The molecule has 0 saturated heterocycles. The molecule has 8 heteroatoms. The Kier molecular flexibility index (Phi) is 7.17. The van der Waals surface area contributed by atoms with Crippen LogP contribution in [0.4, 0.5) is 4.79 Å². The molecule has 174 valence electrons. The lowest BCUT2D eigenvalue weighted by molar-refractivity contribution is -0.139. The van der Waals surface area contributed by atoms with Crippen molar-refractivity contribution in [2.75, 3.05) is 13.2 Å². The summed E-state index contributed by atoms with van der Waals surface area (Å²) in [5.74, 6) is -1.93. The predicted octanol–water partition coefficient (Wildman–Crippen LogP) is 3.12. The number of hydrogen-bond acceptors (Lipinski definition) is 5. The van der Waals surface area contributed by atoms with E-state index >= 15 is 0 Å². The van der Waals surface area contributed by atoms with Crippen molar-refractivity contribution in [2.45, 2.75) is 24.8 Å². The van der Waals surface area contributed by atoms with Gasteiger partial charge >= 0.3 is 12.1 Å². The third-order valence-electron chi connectivity index (χ3n) is 5.74. The van der Waals surface area contributed by atoms with E-state index in [2.05, 4.69) is 15.6 Å². The van der Waals surface area contributed by atoms with Crippen LogP contribution in [0.5, 0.6) is 0 Å². The molecule has 3 aromatic rings. The Labute approximate surface area is 197 Å². The van der Waals surface area contributed by atoms with Crippen molar-refractivity contribution in [3.05, 3.63) is 89.7 Å². The van der Waals surface area contributed by atoms with Gasteiger partial charge in [-0.15, -0.1) is 0 Å². The van der Waals surface area contributed by atoms with Gasteiger partial charge in [0.05, 0.1) is 6.42 Å². The first kappa shape index (κ1) is 23.0. The lowest BCUT2D eigenvalue weighted by Crippen LogP contribution is -2.48. The average Bonchev–Trinajstić information content (AvgIpc) is 3.16. The van der Waals surface area contributed by atoms with E-state index in [4.69, 9.17) is 4.74 Å². The van der Waals surface area contributed by atoms with Crippen molar-refractivity contribution in [1.82, 2.24) is 15.6 Å². The molecule has 0 saturated carbocycles. The third-order valence-corrected chi connectivity index (χ3v) is 5.74. The van der Waals surface area contributed by atoms with Crippen LogP contribution in [0.15, 0.2) is 72.9 Å². The number of pyridine rings is 1. The van der Waals surface area contributed by atoms with Gasteiger partial charge in [-0.3, -0.25) is 14.6 Å². The Balaban J connectivity index is 1.35. The minimum Gasteiger partial charge on any atom is -0.481 e. The lowest BCUT2D eigenvalue weighted by atomic mass is 9.98. The van der Waals surface area contributed by atoms with Crippen LogP contribution in [0.25, 0.3) is 11.1 Å². The molecule has 1 aliphatic carbocycles. The number of hydrogen-bond donors (Lipinski definition) is 3. The highest BCUT2D eigenvalue weighted by atomic mass is 16.5. The molecule has 3 N–H and O–H groups in total. The summed E-state index contributed by atoms with van der Waals surface area (Å²) < 4.78 is 5.44. The second-order valence-corrected chi connectivity index (χ2v) is 7.98. The number of aliphatic carboxylic acids is 1. The van der Waals surface area contributed by atoms with Crippen LogP contribution < -0.4 is 10.6 Å². The molecule has 0 aliphatic heterocycles. The van der Waals surface area contributed by atoms with Gasteiger partial charge in [0.2, 0.25) is 5.91 Å². The molecule has 8 nitrogen and oxygen atoms in total. The van der Waals surface area contributed by atoms with Crippen LogP contribution in [0.1, 0.15) is 29.2 Å². The number of rotatable bonds is 9. The fourth-order valence-electron chi connectivity index (χ4n) is 4.15. The summed E-state index contributed by atoms with van der Waals surface area (Å²) >= 11 is 0. The summed E-state index contributed by atoms with van der Waals surface area (Å²) in [6.45, 7) is 0.333. The fraction of sp³-hybridized carbons (Fsp3) is 0.231. The number of nitrogens with zero attached hydrogens (tertiary/aromatic N) is 1. The molecule has 1 heterocycles. The van der Waals surface area contributed by atoms with Crippen molar-refractivity contribution in [1.29, 1.82) is 0 Å². The summed E-state index contributed by atoms with van der Waals surface area (Å²) in [6, 6.07) is 20.1. The molecule has 34 heavy (non-hydrogen) atoms. The molecule has 0 fully saturated rings. The first-order chi connectivity index (χ1) is 16.5. The van der Waals surface area contributed by atoms with Crippen molar-refractivity contribution < 1.29 is 24.2 Å². The molecular formula is C26H25N3O5. The van der Waals surface area contributed by atoms with E-state index in [1.807, 2.05) is 60.7 Å². The van der Waals surface area contributed by atoms with Gasteiger partial charge in [-0.25, -0.2) is 4.79 Å². The number of alkyl carbamates (subject to hydrolysis) is 1. The van der Waals surface area contributed by atoms with Gasteiger partial charge in [-0.05, 0) is 34.4 Å². The molecule has 1 aromatic heterocycles. The van der Waals surface area contributed by atoms with E-state index in [0.717, 1.165) is 27.9 Å². The van der Waals surface area contributed by atoms with Gasteiger partial charge in [0.25, 0.3) is 0 Å². The monoisotopic (exact) mass is 459 g/mol. The summed E-state index contributed by atoms with van der Waals surface area (Å²) in [5, 5.41) is 14.2. The molecule has 2 aromatic carbocycles. The molecular weight excluding hydrogens is 434 g/mol. The smallest absolute Gasteiger partial charge is 0.407 e. The summed E-state index contributed by atoms with van der Waals surface area (Å²) in [5.41, 5.74) is 5.12. The number of carboxylic acids is 1. The van der Waals surface area contributed by atoms with E-state index in [0.29, 0.717) is 6.42 Å². The standard InChI is InChI=1S/C26H25N3O5/c30-24(31)15-23(25(32)28-14-12-17-7-5-6-13-27-17)29-26(33)34-16-22-20-10-3-1-8-18(20)19-9-2-4-11-21(19)22/h1-11,13,22-23H,12,14-16H2,(H,28,32)(H,29,33)(H,30,31). The van der Waals surface area contributed by atoms with Gasteiger partial charge in [0, 0.05) is 30.8 Å². The molecule has 4 rings (SSSR count). The number of fused-ring (bicyclic) bond motifs is 3. The second kappa shape index (κ2) is 10.6. The topological polar surface area (TPSA) is 118 Å². The highest BCUT2D eigenvalue weighted by Gasteiger charge is 2.30. The number of carbonyl (C=O) groups is 3. The highest BCUT2D eigenvalue weighted by Crippen LogP contribution is 2.44. The number of ether oxygens (including phenoxy) is 1. The zero-order valence-corrected chi connectivity index (χ0v) is 18.4. The minimum atomic E-state index is -1.25. The van der Waals surface area contributed by atoms with Gasteiger partial charge in [0.15, 0.2) is 0 Å².